The lowest BCUT2D eigenvalue weighted by molar-refractivity contribution is -0.140. The van der Waals surface area contributed by atoms with Crippen molar-refractivity contribution in [2.75, 3.05) is 0 Å². The van der Waals surface area contributed by atoms with Crippen LogP contribution in [0.25, 0.3) is 10.9 Å². The Labute approximate surface area is 139 Å². The third-order valence-electron chi connectivity index (χ3n) is 3.33. The normalized spacial score (nSPS) is 12.3. The second-order valence-electron chi connectivity index (χ2n) is 5.01. The molecule has 0 bridgehead atoms. The zero-order chi connectivity index (χ0) is 18.2. The Bertz CT molecular complexity index is 1040. The van der Waals surface area contributed by atoms with E-state index in [0.29, 0.717) is 17.5 Å². The van der Waals surface area contributed by atoms with Crippen molar-refractivity contribution < 1.29 is 30.2 Å². The summed E-state index contributed by atoms with van der Waals surface area (Å²) in [5, 5.41) is 0.588. The molecule has 0 atom stereocenters. The molecule has 0 saturated carbocycles. The van der Waals surface area contributed by atoms with Crippen molar-refractivity contribution in [2.45, 2.75) is 11.1 Å². The van der Waals surface area contributed by atoms with Crippen molar-refractivity contribution in [3.05, 3.63) is 66.1 Å². The summed E-state index contributed by atoms with van der Waals surface area (Å²) >= 11 is 0. The molecule has 0 aliphatic carbocycles. The van der Waals surface area contributed by atoms with Crippen LogP contribution in [0.4, 0.5) is 17.6 Å². The predicted octanol–water partition coefficient (Wildman–Crippen LogP) is 4.16. The lowest BCUT2D eigenvalue weighted by Gasteiger charge is -2.12. The maximum Gasteiger partial charge on any atom is 0.419 e. The van der Waals surface area contributed by atoms with Gasteiger partial charge in [0.05, 0.1) is 5.56 Å². The van der Waals surface area contributed by atoms with Gasteiger partial charge >= 0.3 is 16.3 Å². The molecular formula is C16H9F4NO3S. The van der Waals surface area contributed by atoms with Crippen LogP contribution in [0.3, 0.4) is 0 Å². The first-order valence-corrected chi connectivity index (χ1v) is 8.24. The Morgan fingerprint density at radius 3 is 2.44 bits per heavy atom. The van der Waals surface area contributed by atoms with Gasteiger partial charge in [0.25, 0.3) is 0 Å². The molecule has 1 heterocycles. The number of hydrogen-bond acceptors (Lipinski definition) is 4. The first-order chi connectivity index (χ1) is 11.7. The summed E-state index contributed by atoms with van der Waals surface area (Å²) in [6, 6.07) is 9.14. The largest absolute Gasteiger partial charge is 0.419 e. The molecule has 4 nitrogen and oxygen atoms in total. The zero-order valence-electron chi connectivity index (χ0n) is 12.3. The van der Waals surface area contributed by atoms with E-state index in [1.54, 1.807) is 18.2 Å². The average Bonchev–Trinajstić information content (AvgIpc) is 2.54. The third kappa shape index (κ3) is 3.41. The van der Waals surface area contributed by atoms with E-state index in [1.165, 1.54) is 18.3 Å². The topological polar surface area (TPSA) is 56.3 Å². The van der Waals surface area contributed by atoms with Gasteiger partial charge in [-0.3, -0.25) is 4.98 Å². The van der Waals surface area contributed by atoms with Crippen LogP contribution < -0.4 is 4.18 Å². The fourth-order valence-corrected chi connectivity index (χ4v) is 3.15. The Morgan fingerprint density at radius 1 is 1.00 bits per heavy atom. The number of nitrogens with zero attached hydrogens (tertiary/aromatic N) is 1. The van der Waals surface area contributed by atoms with E-state index >= 15 is 0 Å². The molecule has 1 aromatic heterocycles. The molecule has 0 aliphatic heterocycles. The van der Waals surface area contributed by atoms with Crippen LogP contribution >= 0.6 is 0 Å². The molecule has 130 valence electrons. The molecule has 3 rings (SSSR count). The van der Waals surface area contributed by atoms with Gasteiger partial charge in [-0.05, 0) is 30.3 Å². The summed E-state index contributed by atoms with van der Waals surface area (Å²) in [4.78, 5) is 3.19. The Hall–Kier alpha value is -2.68. The van der Waals surface area contributed by atoms with E-state index in [-0.39, 0.29) is 17.3 Å². The highest BCUT2D eigenvalue weighted by molar-refractivity contribution is 7.87. The van der Waals surface area contributed by atoms with Gasteiger partial charge in [-0.2, -0.15) is 21.6 Å². The van der Waals surface area contributed by atoms with Gasteiger partial charge in [0.1, 0.15) is 16.2 Å². The van der Waals surface area contributed by atoms with E-state index in [9.17, 15) is 26.0 Å². The van der Waals surface area contributed by atoms with Crippen LogP contribution in [0.5, 0.6) is 5.75 Å². The molecule has 0 fully saturated rings. The number of hydrogen-bond donors (Lipinski definition) is 0. The minimum absolute atomic E-state index is 0.143. The van der Waals surface area contributed by atoms with Crippen molar-refractivity contribution in [2.24, 2.45) is 0 Å². The molecule has 0 N–H and O–H groups in total. The van der Waals surface area contributed by atoms with Crippen molar-refractivity contribution >= 4 is 21.0 Å². The molecule has 9 heteroatoms. The van der Waals surface area contributed by atoms with E-state index in [4.69, 9.17) is 4.18 Å². The highest BCUT2D eigenvalue weighted by Gasteiger charge is 2.35. The highest BCUT2D eigenvalue weighted by atomic mass is 32.2. The van der Waals surface area contributed by atoms with Crippen molar-refractivity contribution in [1.82, 2.24) is 4.98 Å². The highest BCUT2D eigenvalue weighted by Crippen LogP contribution is 2.34. The number of para-hydroxylation sites is 1. The maximum atomic E-state index is 13.3. The summed E-state index contributed by atoms with van der Waals surface area (Å²) in [5.74, 6) is -1.71. The Kier molecular flexibility index (Phi) is 4.11. The van der Waals surface area contributed by atoms with Gasteiger partial charge in [-0.15, -0.1) is 0 Å². The van der Waals surface area contributed by atoms with Gasteiger partial charge in [-0.1, -0.05) is 18.2 Å². The number of fused-ring (bicyclic) bond motifs is 1. The number of halogens is 4. The van der Waals surface area contributed by atoms with Crippen molar-refractivity contribution in [3.63, 3.8) is 0 Å². The first kappa shape index (κ1) is 17.2. The van der Waals surface area contributed by atoms with Crippen LogP contribution in [0.2, 0.25) is 0 Å². The van der Waals surface area contributed by atoms with Crippen LogP contribution in [0.15, 0.2) is 59.6 Å². The summed E-state index contributed by atoms with van der Waals surface area (Å²) in [7, 11) is -4.61. The van der Waals surface area contributed by atoms with Crippen LogP contribution in [0.1, 0.15) is 5.56 Å². The number of pyridine rings is 1. The Morgan fingerprint density at radius 2 is 1.72 bits per heavy atom. The molecule has 3 aromatic rings. The van der Waals surface area contributed by atoms with E-state index in [2.05, 4.69) is 4.98 Å². The van der Waals surface area contributed by atoms with Crippen molar-refractivity contribution in [1.29, 1.82) is 0 Å². The quantitative estimate of drug-likeness (QED) is 0.512. The van der Waals surface area contributed by atoms with Gasteiger partial charge < -0.3 is 4.18 Å². The molecule has 0 spiro atoms. The molecule has 0 aliphatic rings. The number of rotatable bonds is 3. The average molecular weight is 371 g/mol. The second-order valence-corrected chi connectivity index (χ2v) is 6.55. The van der Waals surface area contributed by atoms with Gasteiger partial charge in [0, 0.05) is 11.6 Å². The summed E-state index contributed by atoms with van der Waals surface area (Å²) < 4.78 is 81.1. The Balaban J connectivity index is 2.05. The third-order valence-corrected chi connectivity index (χ3v) is 4.56. The molecule has 2 aromatic carbocycles. The zero-order valence-corrected chi connectivity index (χ0v) is 13.1. The first-order valence-electron chi connectivity index (χ1n) is 6.83. The molecule has 0 unspecified atom stereocenters. The number of benzene rings is 2. The van der Waals surface area contributed by atoms with E-state index in [0.717, 1.165) is 0 Å². The van der Waals surface area contributed by atoms with Crippen LogP contribution in [-0.4, -0.2) is 13.4 Å². The molecule has 0 saturated heterocycles. The number of alkyl halides is 3. The lowest BCUT2D eigenvalue weighted by atomic mass is 10.2. The summed E-state index contributed by atoms with van der Waals surface area (Å²) in [5.41, 5.74) is -1.46. The minimum Gasteiger partial charge on any atom is -0.377 e. The fourth-order valence-electron chi connectivity index (χ4n) is 2.19. The molecule has 0 amide bonds. The second kappa shape index (κ2) is 5.99. The van der Waals surface area contributed by atoms with Gasteiger partial charge in [0.2, 0.25) is 0 Å². The molecular weight excluding hydrogens is 362 g/mol. The van der Waals surface area contributed by atoms with E-state index in [1.807, 2.05) is 0 Å². The molecule has 25 heavy (non-hydrogen) atoms. The van der Waals surface area contributed by atoms with E-state index < -0.39 is 32.6 Å². The molecule has 0 radical (unpaired) electrons. The summed E-state index contributed by atoms with van der Waals surface area (Å²) in [6.07, 6.45) is -3.61. The minimum atomic E-state index is -5.03. The van der Waals surface area contributed by atoms with Crippen LogP contribution in [-0.2, 0) is 16.3 Å². The number of aromatic nitrogens is 1. The lowest BCUT2D eigenvalue weighted by Crippen LogP contribution is -2.14. The van der Waals surface area contributed by atoms with Crippen LogP contribution in [0, 0.1) is 5.82 Å². The summed E-state index contributed by atoms with van der Waals surface area (Å²) in [6.45, 7) is 0. The van der Waals surface area contributed by atoms with Gasteiger partial charge in [-0.25, -0.2) is 4.39 Å². The monoisotopic (exact) mass is 371 g/mol. The SMILES string of the molecule is O=S(=O)(Oc1cccc2cccnc12)c1ccc(F)c(C(F)(F)F)c1. The predicted molar refractivity (Wildman–Crippen MR) is 81.0 cm³/mol. The van der Waals surface area contributed by atoms with Gasteiger partial charge in [0.15, 0.2) is 5.75 Å². The van der Waals surface area contributed by atoms with Crippen molar-refractivity contribution in [3.8, 4) is 5.75 Å². The smallest absolute Gasteiger partial charge is 0.377 e. The fraction of sp³-hybridized carbons (Fsp3) is 0.0625. The maximum absolute atomic E-state index is 13.3. The standard InChI is InChI=1S/C16H9F4NO3S/c17-13-7-6-11(9-12(13)16(18,19)20)25(22,23)24-14-5-1-3-10-4-2-8-21-15(10)14/h1-9H.